The lowest BCUT2D eigenvalue weighted by molar-refractivity contribution is -0.385. The van der Waals surface area contributed by atoms with E-state index in [9.17, 15) is 18.5 Å². The van der Waals surface area contributed by atoms with Crippen LogP contribution < -0.4 is 5.73 Å². The van der Waals surface area contributed by atoms with Crippen LogP contribution in [0.2, 0.25) is 0 Å². The van der Waals surface area contributed by atoms with Crippen LogP contribution in [0.1, 0.15) is 26.2 Å². The molecule has 8 heteroatoms. The zero-order valence-electron chi connectivity index (χ0n) is 11.9. The summed E-state index contributed by atoms with van der Waals surface area (Å²) in [6.07, 6.45) is 3.17. The lowest BCUT2D eigenvalue weighted by atomic mass is 9.85. The van der Waals surface area contributed by atoms with Gasteiger partial charge in [0.2, 0.25) is 10.0 Å². The molecule has 0 heterocycles. The molecule has 1 aliphatic rings. The van der Waals surface area contributed by atoms with E-state index in [2.05, 4.69) is 0 Å². The number of nitrogens with zero attached hydrogens (tertiary/aromatic N) is 2. The molecule has 2 rings (SSSR count). The molecule has 0 amide bonds. The van der Waals surface area contributed by atoms with Gasteiger partial charge in [0.15, 0.2) is 0 Å². The van der Waals surface area contributed by atoms with Gasteiger partial charge in [0.1, 0.15) is 4.90 Å². The van der Waals surface area contributed by atoms with Crippen molar-refractivity contribution in [2.75, 3.05) is 18.8 Å². The van der Waals surface area contributed by atoms with Crippen molar-refractivity contribution in [1.82, 2.24) is 4.31 Å². The Morgan fingerprint density at radius 2 is 2.10 bits per heavy atom. The summed E-state index contributed by atoms with van der Waals surface area (Å²) in [5.74, 6) is 0.375. The Labute approximate surface area is 123 Å². The highest BCUT2D eigenvalue weighted by Crippen LogP contribution is 2.31. The van der Waals surface area contributed by atoms with Crippen molar-refractivity contribution >= 4 is 21.4 Å². The first kappa shape index (κ1) is 15.7. The molecule has 1 aromatic rings. The Balaban J connectivity index is 2.36. The number of benzene rings is 1. The number of non-ortho nitro benzene ring substituents is 1. The van der Waals surface area contributed by atoms with Crippen LogP contribution >= 0.6 is 0 Å². The van der Waals surface area contributed by atoms with Gasteiger partial charge in [-0.15, -0.1) is 0 Å². The molecule has 0 aromatic heterocycles. The van der Waals surface area contributed by atoms with Gasteiger partial charge in [-0.2, -0.15) is 4.31 Å². The van der Waals surface area contributed by atoms with Crippen LogP contribution in [0, 0.1) is 16.0 Å². The highest BCUT2D eigenvalue weighted by Gasteiger charge is 2.30. The summed E-state index contributed by atoms with van der Waals surface area (Å²) < 4.78 is 26.7. The number of hydrogen-bond acceptors (Lipinski definition) is 5. The van der Waals surface area contributed by atoms with Crippen molar-refractivity contribution in [3.05, 3.63) is 28.3 Å². The largest absolute Gasteiger partial charge is 0.398 e. The van der Waals surface area contributed by atoms with Gasteiger partial charge in [-0.3, -0.25) is 10.1 Å². The maximum absolute atomic E-state index is 12.7. The molecular weight excluding hydrogens is 294 g/mol. The Hall–Kier alpha value is -1.67. The molecule has 7 nitrogen and oxygen atoms in total. The smallest absolute Gasteiger partial charge is 0.270 e. The lowest BCUT2D eigenvalue weighted by Gasteiger charge is -2.31. The third kappa shape index (κ3) is 3.16. The van der Waals surface area contributed by atoms with E-state index in [1.54, 1.807) is 6.92 Å². The van der Waals surface area contributed by atoms with E-state index in [4.69, 9.17) is 5.73 Å². The summed E-state index contributed by atoms with van der Waals surface area (Å²) >= 11 is 0. The molecule has 0 aliphatic heterocycles. The summed E-state index contributed by atoms with van der Waals surface area (Å²) in [4.78, 5) is 10.0. The zero-order valence-corrected chi connectivity index (χ0v) is 12.7. The van der Waals surface area contributed by atoms with Crippen molar-refractivity contribution in [3.63, 3.8) is 0 Å². The first-order valence-electron chi connectivity index (χ1n) is 6.90. The van der Waals surface area contributed by atoms with Crippen LogP contribution in [0.15, 0.2) is 23.1 Å². The van der Waals surface area contributed by atoms with E-state index in [1.807, 2.05) is 0 Å². The Morgan fingerprint density at radius 3 is 2.57 bits per heavy atom. The normalized spacial score (nSPS) is 15.9. The SMILES string of the molecule is CCN(CC1CCC1)S(=O)(=O)c1cc([N+](=O)[O-])ccc1N. The number of nitro groups is 1. The van der Waals surface area contributed by atoms with Crippen LogP contribution in [0.4, 0.5) is 11.4 Å². The van der Waals surface area contributed by atoms with Crippen molar-refractivity contribution in [2.24, 2.45) is 5.92 Å². The summed E-state index contributed by atoms with van der Waals surface area (Å²) in [6.45, 7) is 2.52. The molecule has 1 aromatic carbocycles. The molecule has 0 unspecified atom stereocenters. The predicted molar refractivity (Wildman–Crippen MR) is 79.3 cm³/mol. The highest BCUT2D eigenvalue weighted by molar-refractivity contribution is 7.89. The van der Waals surface area contributed by atoms with Gasteiger partial charge in [-0.05, 0) is 24.8 Å². The monoisotopic (exact) mass is 313 g/mol. The van der Waals surface area contributed by atoms with Crippen molar-refractivity contribution < 1.29 is 13.3 Å². The van der Waals surface area contributed by atoms with Gasteiger partial charge in [-0.25, -0.2) is 8.42 Å². The maximum atomic E-state index is 12.7. The third-order valence-corrected chi connectivity index (χ3v) is 5.86. The number of anilines is 1. The van der Waals surface area contributed by atoms with Crippen molar-refractivity contribution in [1.29, 1.82) is 0 Å². The van der Waals surface area contributed by atoms with E-state index in [-0.39, 0.29) is 16.3 Å². The van der Waals surface area contributed by atoms with Gasteiger partial charge >= 0.3 is 0 Å². The van der Waals surface area contributed by atoms with Crippen LogP contribution in [-0.4, -0.2) is 30.7 Å². The molecule has 0 radical (unpaired) electrons. The lowest BCUT2D eigenvalue weighted by Crippen LogP contribution is -2.37. The van der Waals surface area contributed by atoms with E-state index >= 15 is 0 Å². The predicted octanol–water partition coefficient (Wildman–Crippen LogP) is 1.99. The molecule has 0 atom stereocenters. The molecule has 2 N–H and O–H groups in total. The number of nitrogen functional groups attached to an aromatic ring is 1. The molecule has 0 saturated heterocycles. The quantitative estimate of drug-likeness (QED) is 0.491. The summed E-state index contributed by atoms with van der Waals surface area (Å²) in [6, 6.07) is 3.51. The standard InChI is InChI=1S/C13H19N3O4S/c1-2-15(9-10-4-3-5-10)21(19,20)13-8-11(16(17)18)6-7-12(13)14/h6-8,10H,2-5,9,14H2,1H3. The van der Waals surface area contributed by atoms with Gasteiger partial charge in [-0.1, -0.05) is 13.3 Å². The van der Waals surface area contributed by atoms with Gasteiger partial charge in [0.05, 0.1) is 10.6 Å². The molecular formula is C13H19N3O4S. The second-order valence-electron chi connectivity index (χ2n) is 5.23. The summed E-state index contributed by atoms with van der Waals surface area (Å²) in [5, 5.41) is 10.8. The van der Waals surface area contributed by atoms with Gasteiger partial charge < -0.3 is 5.73 Å². The van der Waals surface area contributed by atoms with Crippen LogP contribution in [0.3, 0.4) is 0 Å². The minimum Gasteiger partial charge on any atom is -0.398 e. The van der Waals surface area contributed by atoms with Crippen molar-refractivity contribution in [3.8, 4) is 0 Å². The van der Waals surface area contributed by atoms with E-state index in [1.165, 1.54) is 16.4 Å². The van der Waals surface area contributed by atoms with Crippen LogP contribution in [-0.2, 0) is 10.0 Å². The first-order valence-corrected chi connectivity index (χ1v) is 8.34. The Kier molecular flexibility index (Phi) is 4.48. The minimum atomic E-state index is -3.81. The van der Waals surface area contributed by atoms with Crippen LogP contribution in [0.5, 0.6) is 0 Å². The molecule has 1 fully saturated rings. The highest BCUT2D eigenvalue weighted by atomic mass is 32.2. The first-order chi connectivity index (χ1) is 9.86. The third-order valence-electron chi connectivity index (χ3n) is 3.87. The second kappa shape index (κ2) is 5.98. The number of hydrogen-bond donors (Lipinski definition) is 1. The van der Waals surface area contributed by atoms with E-state index in [0.717, 1.165) is 25.3 Å². The average molecular weight is 313 g/mol. The topological polar surface area (TPSA) is 107 Å². The Morgan fingerprint density at radius 1 is 1.43 bits per heavy atom. The van der Waals surface area contributed by atoms with Gasteiger partial charge in [0, 0.05) is 25.2 Å². The van der Waals surface area contributed by atoms with Gasteiger partial charge in [0.25, 0.3) is 5.69 Å². The Bertz CT molecular complexity index is 641. The molecule has 116 valence electrons. The fourth-order valence-electron chi connectivity index (χ4n) is 2.36. The zero-order chi connectivity index (χ0) is 15.6. The van der Waals surface area contributed by atoms with E-state index in [0.29, 0.717) is 19.0 Å². The molecule has 1 saturated carbocycles. The molecule has 21 heavy (non-hydrogen) atoms. The molecule has 1 aliphatic carbocycles. The second-order valence-corrected chi connectivity index (χ2v) is 7.14. The number of rotatable bonds is 6. The molecule has 0 bridgehead atoms. The molecule has 0 spiro atoms. The fourth-order valence-corrected chi connectivity index (χ4v) is 4.02. The summed E-state index contributed by atoms with van der Waals surface area (Å²) in [5.41, 5.74) is 5.48. The van der Waals surface area contributed by atoms with Crippen molar-refractivity contribution in [2.45, 2.75) is 31.1 Å². The average Bonchev–Trinajstić information content (AvgIpc) is 2.37. The minimum absolute atomic E-state index is 0.0349. The number of sulfonamides is 1. The number of nitro benzene ring substituents is 1. The maximum Gasteiger partial charge on any atom is 0.270 e. The fraction of sp³-hybridized carbons (Fsp3) is 0.538. The number of nitrogens with two attached hydrogens (primary N) is 1. The van der Waals surface area contributed by atoms with Crippen LogP contribution in [0.25, 0.3) is 0 Å². The van der Waals surface area contributed by atoms with E-state index < -0.39 is 14.9 Å². The summed E-state index contributed by atoms with van der Waals surface area (Å²) in [7, 11) is -3.81.